The highest BCUT2D eigenvalue weighted by molar-refractivity contribution is 5.54. The van der Waals surface area contributed by atoms with E-state index in [9.17, 15) is 0 Å². The van der Waals surface area contributed by atoms with Crippen LogP contribution in [0, 0.1) is 0 Å². The maximum absolute atomic E-state index is 8.86. The van der Waals surface area contributed by atoms with E-state index in [4.69, 9.17) is 5.11 Å². The van der Waals surface area contributed by atoms with Gasteiger partial charge in [0.1, 0.15) is 0 Å². The number of rotatable bonds is 2. The Kier molecular flexibility index (Phi) is 2.24. The molecule has 0 aliphatic rings. The van der Waals surface area contributed by atoms with Crippen molar-refractivity contribution in [1.29, 1.82) is 0 Å². The summed E-state index contributed by atoms with van der Waals surface area (Å²) in [6, 6.07) is 7.41. The van der Waals surface area contributed by atoms with Gasteiger partial charge in [-0.3, -0.25) is 0 Å². The second kappa shape index (κ2) is 3.55. The van der Waals surface area contributed by atoms with Crippen LogP contribution in [-0.4, -0.2) is 25.3 Å². The number of aliphatic hydroxyl groups excluding tert-OH is 1. The molecule has 0 saturated heterocycles. The molecule has 0 unspecified atom stereocenters. The van der Waals surface area contributed by atoms with E-state index in [1.165, 1.54) is 4.80 Å². The fourth-order valence-electron chi connectivity index (χ4n) is 1.16. The number of hydrogen-bond donors (Lipinski definition) is 1. The highest BCUT2D eigenvalue weighted by atomic mass is 16.3. The van der Waals surface area contributed by atoms with Gasteiger partial charge >= 0.3 is 0 Å². The van der Waals surface area contributed by atoms with Crippen LogP contribution in [0.4, 0.5) is 0 Å². The van der Waals surface area contributed by atoms with E-state index < -0.39 is 0 Å². The molecule has 0 atom stereocenters. The first kappa shape index (κ1) is 8.83. The van der Waals surface area contributed by atoms with Gasteiger partial charge in [0.05, 0.1) is 13.7 Å². The minimum atomic E-state index is 0.0498. The Balaban J connectivity index is 2.33. The van der Waals surface area contributed by atoms with Gasteiger partial charge in [0, 0.05) is 5.56 Å². The third-order valence-electron chi connectivity index (χ3n) is 1.90. The van der Waals surface area contributed by atoms with Crippen LogP contribution >= 0.6 is 0 Å². The first-order valence-corrected chi connectivity index (χ1v) is 4.24. The molecule has 1 heterocycles. The Morgan fingerprint density at radius 3 is 2.50 bits per heavy atom. The maximum atomic E-state index is 8.86. The molecule has 1 N–H and O–H groups in total. The van der Waals surface area contributed by atoms with E-state index in [0.717, 1.165) is 11.1 Å². The lowest BCUT2D eigenvalue weighted by atomic mass is 10.1. The number of aliphatic hydroxyl groups is 1. The zero-order valence-corrected chi connectivity index (χ0v) is 7.75. The van der Waals surface area contributed by atoms with Crippen LogP contribution in [0.1, 0.15) is 5.56 Å². The molecule has 0 amide bonds. The highest BCUT2D eigenvalue weighted by Crippen LogP contribution is 2.13. The summed E-state index contributed by atoms with van der Waals surface area (Å²) in [5, 5.41) is 20.5. The fourth-order valence-corrected chi connectivity index (χ4v) is 1.16. The molecule has 1 aromatic heterocycles. The Morgan fingerprint density at radius 2 is 2.00 bits per heavy atom. The molecule has 5 heteroatoms. The summed E-state index contributed by atoms with van der Waals surface area (Å²) in [6.45, 7) is 0.0498. The van der Waals surface area contributed by atoms with Gasteiger partial charge in [-0.15, -0.1) is 10.2 Å². The number of aromatic nitrogens is 4. The monoisotopic (exact) mass is 190 g/mol. The molecule has 0 radical (unpaired) electrons. The van der Waals surface area contributed by atoms with Crippen molar-refractivity contribution < 1.29 is 5.11 Å². The first-order chi connectivity index (χ1) is 6.79. The lowest BCUT2D eigenvalue weighted by Gasteiger charge is -1.96. The molecule has 2 rings (SSSR count). The van der Waals surface area contributed by atoms with Gasteiger partial charge in [0.15, 0.2) is 0 Å². The Morgan fingerprint density at radius 1 is 1.29 bits per heavy atom. The standard InChI is InChI=1S/C9H10N4O/c1-13-11-9(10-12-13)8-4-2-7(6-14)3-5-8/h2-5,14H,6H2,1H3. The van der Waals surface area contributed by atoms with Gasteiger partial charge in [-0.1, -0.05) is 24.3 Å². The third kappa shape index (κ3) is 1.62. The summed E-state index contributed by atoms with van der Waals surface area (Å²) >= 11 is 0. The van der Waals surface area contributed by atoms with E-state index in [2.05, 4.69) is 15.4 Å². The molecular weight excluding hydrogens is 180 g/mol. The molecular formula is C9H10N4O. The van der Waals surface area contributed by atoms with Crippen molar-refractivity contribution in [2.75, 3.05) is 0 Å². The van der Waals surface area contributed by atoms with E-state index >= 15 is 0 Å². The predicted octanol–water partition coefficient (Wildman–Crippen LogP) is 0.369. The van der Waals surface area contributed by atoms with Crippen LogP contribution in [0.3, 0.4) is 0 Å². The number of benzene rings is 1. The summed E-state index contributed by atoms with van der Waals surface area (Å²) in [4.78, 5) is 1.41. The van der Waals surface area contributed by atoms with Crippen LogP contribution < -0.4 is 0 Å². The fraction of sp³-hybridized carbons (Fsp3) is 0.222. The normalized spacial score (nSPS) is 10.4. The summed E-state index contributed by atoms with van der Waals surface area (Å²) < 4.78 is 0. The zero-order valence-electron chi connectivity index (χ0n) is 7.75. The molecule has 5 nitrogen and oxygen atoms in total. The van der Waals surface area contributed by atoms with Crippen molar-refractivity contribution in [2.24, 2.45) is 7.05 Å². The average Bonchev–Trinajstić information content (AvgIpc) is 2.65. The second-order valence-corrected chi connectivity index (χ2v) is 2.96. The quantitative estimate of drug-likeness (QED) is 0.743. The van der Waals surface area contributed by atoms with E-state index in [1.54, 1.807) is 7.05 Å². The van der Waals surface area contributed by atoms with Crippen molar-refractivity contribution in [3.63, 3.8) is 0 Å². The van der Waals surface area contributed by atoms with Crippen LogP contribution in [-0.2, 0) is 13.7 Å². The Labute approximate surface area is 81.0 Å². The SMILES string of the molecule is Cn1nnc(-c2ccc(CO)cc2)n1. The lowest BCUT2D eigenvalue weighted by Crippen LogP contribution is -1.92. The van der Waals surface area contributed by atoms with Crippen molar-refractivity contribution >= 4 is 0 Å². The van der Waals surface area contributed by atoms with Crippen molar-refractivity contribution in [2.45, 2.75) is 6.61 Å². The molecule has 0 spiro atoms. The smallest absolute Gasteiger partial charge is 0.204 e. The lowest BCUT2D eigenvalue weighted by molar-refractivity contribution is 0.282. The van der Waals surface area contributed by atoms with E-state index in [0.29, 0.717) is 5.82 Å². The van der Waals surface area contributed by atoms with Gasteiger partial charge in [-0.05, 0) is 10.8 Å². The van der Waals surface area contributed by atoms with Gasteiger partial charge < -0.3 is 5.11 Å². The molecule has 0 aliphatic heterocycles. The number of nitrogens with zero attached hydrogens (tertiary/aromatic N) is 4. The molecule has 72 valence electrons. The van der Waals surface area contributed by atoms with E-state index in [-0.39, 0.29) is 6.61 Å². The predicted molar refractivity (Wildman–Crippen MR) is 50.2 cm³/mol. The summed E-state index contributed by atoms with van der Waals surface area (Å²) in [7, 11) is 1.72. The average molecular weight is 190 g/mol. The number of hydrogen-bond acceptors (Lipinski definition) is 4. The van der Waals surface area contributed by atoms with Crippen molar-refractivity contribution in [1.82, 2.24) is 20.2 Å². The molecule has 0 aliphatic carbocycles. The molecule has 14 heavy (non-hydrogen) atoms. The third-order valence-corrected chi connectivity index (χ3v) is 1.90. The van der Waals surface area contributed by atoms with Gasteiger partial charge in [0.25, 0.3) is 0 Å². The van der Waals surface area contributed by atoms with Gasteiger partial charge in [-0.2, -0.15) is 4.80 Å². The molecule has 2 aromatic rings. The van der Waals surface area contributed by atoms with Crippen molar-refractivity contribution in [3.8, 4) is 11.4 Å². The van der Waals surface area contributed by atoms with E-state index in [1.807, 2.05) is 24.3 Å². The second-order valence-electron chi connectivity index (χ2n) is 2.96. The van der Waals surface area contributed by atoms with Crippen LogP contribution in [0.5, 0.6) is 0 Å². The number of aryl methyl sites for hydroxylation is 1. The Bertz CT molecular complexity index is 421. The molecule has 0 saturated carbocycles. The molecule has 1 aromatic carbocycles. The molecule has 0 fully saturated rings. The summed E-state index contributed by atoms with van der Waals surface area (Å²) in [5.41, 5.74) is 1.77. The zero-order chi connectivity index (χ0) is 9.97. The summed E-state index contributed by atoms with van der Waals surface area (Å²) in [5.74, 6) is 0.594. The summed E-state index contributed by atoms with van der Waals surface area (Å²) in [6.07, 6.45) is 0. The maximum Gasteiger partial charge on any atom is 0.204 e. The first-order valence-electron chi connectivity index (χ1n) is 4.24. The minimum absolute atomic E-state index is 0.0498. The van der Waals surface area contributed by atoms with Gasteiger partial charge in [-0.25, -0.2) is 0 Å². The highest BCUT2D eigenvalue weighted by Gasteiger charge is 2.03. The largest absolute Gasteiger partial charge is 0.392 e. The van der Waals surface area contributed by atoms with Crippen molar-refractivity contribution in [3.05, 3.63) is 29.8 Å². The topological polar surface area (TPSA) is 63.8 Å². The molecule has 0 bridgehead atoms. The van der Waals surface area contributed by atoms with Crippen LogP contribution in [0.2, 0.25) is 0 Å². The van der Waals surface area contributed by atoms with Crippen LogP contribution in [0.15, 0.2) is 24.3 Å². The van der Waals surface area contributed by atoms with Gasteiger partial charge in [0.2, 0.25) is 5.82 Å². The minimum Gasteiger partial charge on any atom is -0.392 e. The van der Waals surface area contributed by atoms with Crippen LogP contribution in [0.25, 0.3) is 11.4 Å². The number of tetrazole rings is 1. The Hall–Kier alpha value is -1.75.